The summed E-state index contributed by atoms with van der Waals surface area (Å²) in [5.41, 5.74) is 8.12. The predicted octanol–water partition coefficient (Wildman–Crippen LogP) is 1.82. The van der Waals surface area contributed by atoms with Gasteiger partial charge in [0.25, 0.3) is 5.91 Å². The second-order valence-corrected chi connectivity index (χ2v) is 7.16. The highest BCUT2D eigenvalue weighted by molar-refractivity contribution is 6.02. The highest BCUT2D eigenvalue weighted by atomic mass is 16.2. The van der Waals surface area contributed by atoms with E-state index in [-0.39, 0.29) is 18.7 Å². The Balaban J connectivity index is 1.28. The molecule has 2 aromatic heterocycles. The molecule has 0 unspecified atom stereocenters. The van der Waals surface area contributed by atoms with Gasteiger partial charge in [-0.2, -0.15) is 5.10 Å². The van der Waals surface area contributed by atoms with Crippen molar-refractivity contribution in [2.45, 2.75) is 26.2 Å². The topological polar surface area (TPSA) is 108 Å². The summed E-state index contributed by atoms with van der Waals surface area (Å²) in [6, 6.07) is 15.1. The fourth-order valence-corrected chi connectivity index (χ4v) is 3.46. The molecule has 158 valence electrons. The molecule has 2 N–H and O–H groups in total. The highest BCUT2D eigenvalue weighted by Gasteiger charge is 2.22. The number of benzene rings is 1. The zero-order chi connectivity index (χ0) is 21.8. The van der Waals surface area contributed by atoms with E-state index in [0.29, 0.717) is 30.0 Å². The summed E-state index contributed by atoms with van der Waals surface area (Å²) in [6.45, 7) is 2.22. The predicted molar refractivity (Wildman–Crippen MR) is 114 cm³/mol. The molecule has 9 heteroatoms. The first-order valence-corrected chi connectivity index (χ1v) is 9.99. The first kappa shape index (κ1) is 20.3. The fourth-order valence-electron chi connectivity index (χ4n) is 3.46. The monoisotopic (exact) mass is 418 g/mol. The lowest BCUT2D eigenvalue weighted by Crippen LogP contribution is -2.42. The van der Waals surface area contributed by atoms with Crippen molar-refractivity contribution in [3.05, 3.63) is 71.7 Å². The number of hydrogen-bond donors (Lipinski definition) is 2. The Morgan fingerprint density at radius 1 is 1.00 bits per heavy atom. The van der Waals surface area contributed by atoms with Crippen LogP contribution >= 0.6 is 0 Å². The molecular weight excluding hydrogens is 396 g/mol. The molecule has 1 aromatic carbocycles. The molecule has 0 atom stereocenters. The zero-order valence-corrected chi connectivity index (χ0v) is 17.0. The Morgan fingerprint density at radius 2 is 1.77 bits per heavy atom. The van der Waals surface area contributed by atoms with Crippen LogP contribution in [0.3, 0.4) is 0 Å². The van der Waals surface area contributed by atoms with Crippen molar-refractivity contribution < 1.29 is 14.4 Å². The molecule has 1 aliphatic rings. The zero-order valence-electron chi connectivity index (χ0n) is 17.0. The van der Waals surface area contributed by atoms with Crippen LogP contribution in [-0.2, 0) is 9.59 Å². The minimum atomic E-state index is -0.479. The van der Waals surface area contributed by atoms with Crippen LogP contribution in [0.15, 0.2) is 59.8 Å². The molecule has 0 bridgehead atoms. The lowest BCUT2D eigenvalue weighted by molar-refractivity contribution is -0.133. The number of hydrogen-bond acceptors (Lipinski definition) is 5. The number of fused-ring (bicyclic) bond motifs is 1. The summed E-state index contributed by atoms with van der Waals surface area (Å²) in [6.07, 6.45) is 2.35. The van der Waals surface area contributed by atoms with Crippen molar-refractivity contribution in [3.63, 3.8) is 0 Å². The van der Waals surface area contributed by atoms with E-state index in [1.165, 1.54) is 5.01 Å². The number of hydrazone groups is 1. The van der Waals surface area contributed by atoms with Gasteiger partial charge in [-0.25, -0.2) is 9.99 Å². The quantitative estimate of drug-likeness (QED) is 0.616. The molecule has 3 amide bonds. The average molecular weight is 418 g/mol. The van der Waals surface area contributed by atoms with Gasteiger partial charge < -0.3 is 0 Å². The van der Waals surface area contributed by atoms with Crippen molar-refractivity contribution in [2.24, 2.45) is 5.10 Å². The van der Waals surface area contributed by atoms with Gasteiger partial charge in [0.2, 0.25) is 11.8 Å². The second kappa shape index (κ2) is 8.78. The first-order valence-electron chi connectivity index (χ1n) is 9.99. The Labute approximate surface area is 178 Å². The maximum absolute atomic E-state index is 12.5. The summed E-state index contributed by atoms with van der Waals surface area (Å²) >= 11 is 0. The Bertz CT molecular complexity index is 1170. The van der Waals surface area contributed by atoms with E-state index in [1.807, 2.05) is 36.4 Å². The third-order valence-corrected chi connectivity index (χ3v) is 5.00. The van der Waals surface area contributed by atoms with Crippen LogP contribution in [0.1, 0.15) is 41.0 Å². The number of rotatable bonds is 5. The number of nitrogens with one attached hydrogen (secondary N) is 2. The van der Waals surface area contributed by atoms with Crippen LogP contribution in [0.5, 0.6) is 0 Å². The summed E-state index contributed by atoms with van der Waals surface area (Å²) < 4.78 is 1.65. The van der Waals surface area contributed by atoms with Gasteiger partial charge in [0, 0.05) is 25.5 Å². The number of carbonyl (C=O) groups excluding carboxylic acids is 3. The average Bonchev–Trinajstić information content (AvgIpc) is 3.40. The number of pyridine rings is 1. The molecule has 3 aromatic rings. The number of nitrogens with zero attached hydrogens (tertiary/aromatic N) is 4. The van der Waals surface area contributed by atoms with Crippen LogP contribution in [0.25, 0.3) is 5.65 Å². The SMILES string of the molecule is Cc1nc2ccccn2c1C(=O)NNC(=O)CCC(=O)N1CCC(c2ccccc2)=N1. The summed E-state index contributed by atoms with van der Waals surface area (Å²) in [7, 11) is 0. The number of carbonyl (C=O) groups is 3. The standard InChI is InChI=1S/C22H22N6O3/c1-15-21(27-13-6-5-9-18(27)23-15)22(31)25-24-19(29)10-11-20(30)28-14-12-17(26-28)16-7-3-2-4-8-16/h2-9,13H,10-12,14H2,1H3,(H,24,29)(H,25,31). The van der Waals surface area contributed by atoms with E-state index in [2.05, 4.69) is 20.9 Å². The lowest BCUT2D eigenvalue weighted by atomic mass is 10.1. The number of aryl methyl sites for hydroxylation is 1. The molecule has 0 aliphatic carbocycles. The molecule has 9 nitrogen and oxygen atoms in total. The molecule has 4 rings (SSSR count). The van der Waals surface area contributed by atoms with Crippen molar-refractivity contribution in [3.8, 4) is 0 Å². The molecule has 0 spiro atoms. The van der Waals surface area contributed by atoms with Gasteiger partial charge in [-0.15, -0.1) is 0 Å². The van der Waals surface area contributed by atoms with Gasteiger partial charge in [0.15, 0.2) is 0 Å². The molecular formula is C22H22N6O3. The molecule has 0 saturated carbocycles. The molecule has 0 saturated heterocycles. The molecule has 3 heterocycles. The van der Waals surface area contributed by atoms with E-state index < -0.39 is 11.8 Å². The molecule has 1 aliphatic heterocycles. The maximum Gasteiger partial charge on any atom is 0.288 e. The van der Waals surface area contributed by atoms with Crippen molar-refractivity contribution >= 4 is 29.1 Å². The Kier molecular flexibility index (Phi) is 5.74. The van der Waals surface area contributed by atoms with Gasteiger partial charge >= 0.3 is 0 Å². The van der Waals surface area contributed by atoms with E-state index in [4.69, 9.17) is 0 Å². The van der Waals surface area contributed by atoms with Gasteiger partial charge in [0.05, 0.1) is 18.0 Å². The van der Waals surface area contributed by atoms with Crippen LogP contribution in [0, 0.1) is 6.92 Å². The van der Waals surface area contributed by atoms with Crippen molar-refractivity contribution in [1.29, 1.82) is 0 Å². The third kappa shape index (κ3) is 4.45. The first-order chi connectivity index (χ1) is 15.0. The summed E-state index contributed by atoms with van der Waals surface area (Å²) in [4.78, 5) is 41.3. The van der Waals surface area contributed by atoms with Gasteiger partial charge in [-0.3, -0.25) is 29.6 Å². The van der Waals surface area contributed by atoms with Gasteiger partial charge in [-0.05, 0) is 24.6 Å². The maximum atomic E-state index is 12.5. The van der Waals surface area contributed by atoms with Crippen molar-refractivity contribution in [1.82, 2.24) is 25.2 Å². The lowest BCUT2D eigenvalue weighted by Gasteiger charge is -2.11. The number of aromatic nitrogens is 2. The van der Waals surface area contributed by atoms with Crippen LogP contribution in [0.4, 0.5) is 0 Å². The van der Waals surface area contributed by atoms with E-state index >= 15 is 0 Å². The molecule has 0 radical (unpaired) electrons. The summed E-state index contributed by atoms with van der Waals surface area (Å²) in [5.74, 6) is -1.17. The molecule has 0 fully saturated rings. The Hall–Kier alpha value is -4.01. The number of hydrazine groups is 1. The number of amides is 3. The van der Waals surface area contributed by atoms with Crippen LogP contribution in [0.2, 0.25) is 0 Å². The van der Waals surface area contributed by atoms with E-state index in [0.717, 1.165) is 11.3 Å². The minimum absolute atomic E-state index is 0.00190. The van der Waals surface area contributed by atoms with Crippen LogP contribution < -0.4 is 10.9 Å². The summed E-state index contributed by atoms with van der Waals surface area (Å²) in [5, 5.41) is 5.77. The fraction of sp³-hybridized carbons (Fsp3) is 0.227. The second-order valence-electron chi connectivity index (χ2n) is 7.16. The smallest absolute Gasteiger partial charge is 0.288 e. The normalized spacial score (nSPS) is 13.2. The Morgan fingerprint density at radius 3 is 2.58 bits per heavy atom. The minimum Gasteiger partial charge on any atom is -0.295 e. The molecule has 31 heavy (non-hydrogen) atoms. The van der Waals surface area contributed by atoms with Gasteiger partial charge in [-0.1, -0.05) is 36.4 Å². The highest BCUT2D eigenvalue weighted by Crippen LogP contribution is 2.15. The number of imidazole rings is 1. The largest absolute Gasteiger partial charge is 0.295 e. The van der Waals surface area contributed by atoms with E-state index in [1.54, 1.807) is 29.7 Å². The van der Waals surface area contributed by atoms with Gasteiger partial charge in [0.1, 0.15) is 11.3 Å². The van der Waals surface area contributed by atoms with E-state index in [9.17, 15) is 14.4 Å². The van der Waals surface area contributed by atoms with Crippen LogP contribution in [-0.4, -0.2) is 44.4 Å². The van der Waals surface area contributed by atoms with Crippen molar-refractivity contribution in [2.75, 3.05) is 6.54 Å². The third-order valence-electron chi connectivity index (χ3n) is 5.00.